The summed E-state index contributed by atoms with van der Waals surface area (Å²) in [7, 11) is 3.35. The first kappa shape index (κ1) is 12.1. The highest BCUT2D eigenvalue weighted by Crippen LogP contribution is 2.33. The number of halogens is 1. The average Bonchev–Trinajstić information content (AvgIpc) is 2.16. The Kier molecular flexibility index (Phi) is 4.24. The molecule has 0 aromatic heterocycles. The molecule has 1 aliphatic heterocycles. The number of ether oxygens (including phenoxy) is 2. The van der Waals surface area contributed by atoms with Crippen LogP contribution in [0.2, 0.25) is 0 Å². The summed E-state index contributed by atoms with van der Waals surface area (Å²) >= 11 is 0. The Morgan fingerprint density at radius 1 is 1.27 bits per heavy atom. The van der Waals surface area contributed by atoms with E-state index in [1.54, 1.807) is 14.2 Å². The molecule has 3 nitrogen and oxygen atoms in total. The molecule has 0 saturated carbocycles. The van der Waals surface area contributed by atoms with Gasteiger partial charge in [-0.3, -0.25) is 0 Å². The Morgan fingerprint density at radius 3 is 2.47 bits per heavy atom. The van der Waals surface area contributed by atoms with E-state index in [0.717, 1.165) is 18.0 Å². The van der Waals surface area contributed by atoms with Crippen molar-refractivity contribution >= 4 is 12.4 Å². The second-order valence-electron chi connectivity index (χ2n) is 3.40. The lowest BCUT2D eigenvalue weighted by atomic mass is 9.97. The SMILES string of the molecule is COc1ccc([C@H]2CCN2)c(OC)c1.Cl. The summed E-state index contributed by atoms with van der Waals surface area (Å²) in [6.07, 6.45) is 1.18. The van der Waals surface area contributed by atoms with Crippen molar-refractivity contribution < 1.29 is 9.47 Å². The molecule has 84 valence electrons. The molecule has 1 fully saturated rings. The summed E-state index contributed by atoms with van der Waals surface area (Å²) in [5.74, 6) is 1.74. The molecule has 1 atom stereocenters. The lowest BCUT2D eigenvalue weighted by molar-refractivity contribution is 0.349. The maximum Gasteiger partial charge on any atom is 0.127 e. The summed E-state index contributed by atoms with van der Waals surface area (Å²) < 4.78 is 10.5. The van der Waals surface area contributed by atoms with Gasteiger partial charge in [0.05, 0.1) is 14.2 Å². The molecular weight excluding hydrogens is 214 g/mol. The standard InChI is InChI=1S/C11H15NO2.ClH/c1-13-8-3-4-9(10-5-6-12-10)11(7-8)14-2;/h3-4,7,10,12H,5-6H2,1-2H3;1H/t10-;/m1./s1. The number of nitrogens with one attached hydrogen (secondary N) is 1. The molecule has 1 aromatic carbocycles. The van der Waals surface area contributed by atoms with Gasteiger partial charge in [0.1, 0.15) is 11.5 Å². The van der Waals surface area contributed by atoms with E-state index in [4.69, 9.17) is 9.47 Å². The molecule has 1 heterocycles. The fraction of sp³-hybridized carbons (Fsp3) is 0.455. The predicted octanol–water partition coefficient (Wildman–Crippen LogP) is 2.16. The summed E-state index contributed by atoms with van der Waals surface area (Å²) in [5, 5.41) is 3.35. The molecule has 0 spiro atoms. The van der Waals surface area contributed by atoms with Crippen LogP contribution in [0.3, 0.4) is 0 Å². The third-order valence-corrected chi connectivity index (χ3v) is 2.64. The molecule has 1 aliphatic rings. The predicted molar refractivity (Wildman–Crippen MR) is 62.2 cm³/mol. The number of rotatable bonds is 3. The molecule has 0 aliphatic carbocycles. The largest absolute Gasteiger partial charge is 0.497 e. The van der Waals surface area contributed by atoms with E-state index in [1.807, 2.05) is 12.1 Å². The van der Waals surface area contributed by atoms with Crippen LogP contribution in [0.5, 0.6) is 11.5 Å². The van der Waals surface area contributed by atoms with E-state index in [1.165, 1.54) is 12.0 Å². The van der Waals surface area contributed by atoms with Crippen molar-refractivity contribution in [3.8, 4) is 11.5 Å². The molecular formula is C11H16ClNO2. The van der Waals surface area contributed by atoms with Crippen LogP contribution in [0.4, 0.5) is 0 Å². The third kappa shape index (κ3) is 2.36. The molecule has 0 radical (unpaired) electrons. The average molecular weight is 230 g/mol. The first-order chi connectivity index (χ1) is 6.85. The van der Waals surface area contributed by atoms with Crippen LogP contribution in [-0.2, 0) is 0 Å². The first-order valence-corrected chi connectivity index (χ1v) is 4.80. The smallest absolute Gasteiger partial charge is 0.127 e. The maximum absolute atomic E-state index is 5.32. The quantitative estimate of drug-likeness (QED) is 0.862. The Labute approximate surface area is 96.2 Å². The Bertz CT molecular complexity index is 326. The van der Waals surface area contributed by atoms with E-state index in [2.05, 4.69) is 11.4 Å². The van der Waals surface area contributed by atoms with Crippen LogP contribution in [0.25, 0.3) is 0 Å². The van der Waals surface area contributed by atoms with Crippen LogP contribution in [-0.4, -0.2) is 20.8 Å². The van der Waals surface area contributed by atoms with Crippen molar-refractivity contribution in [3.63, 3.8) is 0 Å². The number of hydrogen-bond acceptors (Lipinski definition) is 3. The van der Waals surface area contributed by atoms with Crippen LogP contribution in [0, 0.1) is 0 Å². The molecule has 15 heavy (non-hydrogen) atoms. The zero-order valence-corrected chi connectivity index (χ0v) is 9.76. The van der Waals surface area contributed by atoms with Gasteiger partial charge in [0.25, 0.3) is 0 Å². The van der Waals surface area contributed by atoms with Gasteiger partial charge in [0, 0.05) is 17.7 Å². The van der Waals surface area contributed by atoms with Crippen molar-refractivity contribution in [2.75, 3.05) is 20.8 Å². The normalized spacial score (nSPS) is 18.7. The summed E-state index contributed by atoms with van der Waals surface area (Å²) in [6, 6.07) is 6.41. The van der Waals surface area contributed by atoms with Crippen molar-refractivity contribution in [1.29, 1.82) is 0 Å². The Balaban J connectivity index is 0.00000112. The first-order valence-electron chi connectivity index (χ1n) is 4.80. The Hall–Kier alpha value is -0.930. The van der Waals surface area contributed by atoms with Crippen LogP contribution in [0.1, 0.15) is 18.0 Å². The topological polar surface area (TPSA) is 30.5 Å². The summed E-state index contributed by atoms with van der Waals surface area (Å²) in [4.78, 5) is 0. The van der Waals surface area contributed by atoms with Crippen molar-refractivity contribution in [3.05, 3.63) is 23.8 Å². The summed E-state index contributed by atoms with van der Waals surface area (Å²) in [5.41, 5.74) is 1.22. The second kappa shape index (κ2) is 5.24. The highest BCUT2D eigenvalue weighted by atomic mass is 35.5. The van der Waals surface area contributed by atoms with Gasteiger partial charge in [-0.2, -0.15) is 0 Å². The van der Waals surface area contributed by atoms with Gasteiger partial charge in [-0.1, -0.05) is 6.07 Å². The monoisotopic (exact) mass is 229 g/mol. The third-order valence-electron chi connectivity index (χ3n) is 2.64. The second-order valence-corrected chi connectivity index (χ2v) is 3.40. The fourth-order valence-electron chi connectivity index (χ4n) is 1.66. The van der Waals surface area contributed by atoms with Crippen molar-refractivity contribution in [2.45, 2.75) is 12.5 Å². The van der Waals surface area contributed by atoms with Crippen molar-refractivity contribution in [2.24, 2.45) is 0 Å². The molecule has 1 saturated heterocycles. The van der Waals surface area contributed by atoms with Crippen LogP contribution in [0.15, 0.2) is 18.2 Å². The molecule has 0 bridgehead atoms. The van der Waals surface area contributed by atoms with Gasteiger partial charge in [-0.25, -0.2) is 0 Å². The van der Waals surface area contributed by atoms with Gasteiger partial charge in [-0.15, -0.1) is 12.4 Å². The van der Waals surface area contributed by atoms with Crippen LogP contribution < -0.4 is 14.8 Å². The lowest BCUT2D eigenvalue weighted by Gasteiger charge is -2.29. The van der Waals surface area contributed by atoms with E-state index in [-0.39, 0.29) is 12.4 Å². The summed E-state index contributed by atoms with van der Waals surface area (Å²) in [6.45, 7) is 1.10. The van der Waals surface area contributed by atoms with Gasteiger partial charge in [-0.05, 0) is 19.0 Å². The highest BCUT2D eigenvalue weighted by molar-refractivity contribution is 5.85. The number of hydrogen-bond donors (Lipinski definition) is 1. The minimum Gasteiger partial charge on any atom is -0.497 e. The minimum atomic E-state index is 0. The molecule has 1 aromatic rings. The van der Waals surface area contributed by atoms with E-state index in [9.17, 15) is 0 Å². The highest BCUT2D eigenvalue weighted by Gasteiger charge is 2.21. The fourth-order valence-corrected chi connectivity index (χ4v) is 1.66. The van der Waals surface area contributed by atoms with Gasteiger partial charge in [0.15, 0.2) is 0 Å². The molecule has 1 N–H and O–H groups in total. The van der Waals surface area contributed by atoms with Gasteiger partial charge in [0.2, 0.25) is 0 Å². The van der Waals surface area contributed by atoms with Gasteiger partial charge >= 0.3 is 0 Å². The maximum atomic E-state index is 5.32. The Morgan fingerprint density at radius 2 is 2.00 bits per heavy atom. The minimum absolute atomic E-state index is 0. The zero-order chi connectivity index (χ0) is 9.97. The van der Waals surface area contributed by atoms with Crippen molar-refractivity contribution in [1.82, 2.24) is 5.32 Å². The van der Waals surface area contributed by atoms with E-state index in [0.29, 0.717) is 6.04 Å². The number of benzene rings is 1. The zero-order valence-electron chi connectivity index (χ0n) is 8.95. The number of methoxy groups -OCH3 is 2. The molecule has 0 unspecified atom stereocenters. The lowest BCUT2D eigenvalue weighted by Crippen LogP contribution is -2.35. The van der Waals surface area contributed by atoms with E-state index >= 15 is 0 Å². The molecule has 0 amide bonds. The van der Waals surface area contributed by atoms with E-state index < -0.39 is 0 Å². The molecule has 2 rings (SSSR count). The van der Waals surface area contributed by atoms with Gasteiger partial charge < -0.3 is 14.8 Å². The van der Waals surface area contributed by atoms with Crippen LogP contribution >= 0.6 is 12.4 Å². The molecule has 4 heteroatoms.